The Hall–Kier alpha value is -2.36. The lowest BCUT2D eigenvalue weighted by atomic mass is 10.0. The lowest BCUT2D eigenvalue weighted by Crippen LogP contribution is -2.14. The Morgan fingerprint density at radius 3 is 2.71 bits per heavy atom. The summed E-state index contributed by atoms with van der Waals surface area (Å²) in [7, 11) is 0. The van der Waals surface area contributed by atoms with E-state index in [0.717, 1.165) is 11.3 Å². The molecule has 1 amide bonds. The zero-order valence-electron chi connectivity index (χ0n) is 9.26. The molecule has 0 saturated heterocycles. The summed E-state index contributed by atoms with van der Waals surface area (Å²) in [6, 6.07) is 10.8. The van der Waals surface area contributed by atoms with Crippen molar-refractivity contribution in [2.75, 3.05) is 5.73 Å². The first-order valence-corrected chi connectivity index (χ1v) is 5.25. The maximum Gasteiger partial charge on any atom is 0.249 e. The maximum absolute atomic E-state index is 11.3. The molecule has 0 unspecified atom stereocenters. The van der Waals surface area contributed by atoms with Crippen LogP contribution in [-0.2, 0) is 6.42 Å². The number of pyridine rings is 1. The van der Waals surface area contributed by atoms with E-state index in [1.807, 2.05) is 24.3 Å². The number of anilines is 1. The van der Waals surface area contributed by atoms with Crippen LogP contribution in [0, 0.1) is 0 Å². The summed E-state index contributed by atoms with van der Waals surface area (Å²) < 4.78 is 0. The average molecular weight is 227 g/mol. The molecular weight excluding hydrogens is 214 g/mol. The monoisotopic (exact) mass is 227 g/mol. The highest BCUT2D eigenvalue weighted by Gasteiger charge is 2.09. The molecule has 4 nitrogen and oxygen atoms in total. The molecule has 1 heterocycles. The van der Waals surface area contributed by atoms with Gasteiger partial charge in [-0.15, -0.1) is 0 Å². The number of nitrogens with zero attached hydrogens (tertiary/aromatic N) is 1. The average Bonchev–Trinajstić information content (AvgIpc) is 2.32. The molecule has 0 fully saturated rings. The summed E-state index contributed by atoms with van der Waals surface area (Å²) in [5.41, 5.74) is 13.7. The molecule has 0 saturated carbocycles. The van der Waals surface area contributed by atoms with Gasteiger partial charge in [0.15, 0.2) is 0 Å². The highest BCUT2D eigenvalue weighted by atomic mass is 16.1. The number of nitrogens with two attached hydrogens (primary N) is 2. The first-order valence-electron chi connectivity index (χ1n) is 5.25. The Kier molecular flexibility index (Phi) is 3.05. The fourth-order valence-electron chi connectivity index (χ4n) is 1.68. The molecule has 0 aliphatic heterocycles. The lowest BCUT2D eigenvalue weighted by molar-refractivity contribution is 0.0999. The molecule has 0 bridgehead atoms. The molecule has 1 aromatic carbocycles. The van der Waals surface area contributed by atoms with Gasteiger partial charge in [0.1, 0.15) is 0 Å². The van der Waals surface area contributed by atoms with Crippen molar-refractivity contribution < 1.29 is 4.79 Å². The highest BCUT2D eigenvalue weighted by Crippen LogP contribution is 2.16. The number of hydrogen-bond acceptors (Lipinski definition) is 3. The number of amides is 1. The number of benzene rings is 1. The van der Waals surface area contributed by atoms with E-state index in [0.29, 0.717) is 17.7 Å². The van der Waals surface area contributed by atoms with Gasteiger partial charge in [0.25, 0.3) is 0 Å². The van der Waals surface area contributed by atoms with Gasteiger partial charge in [-0.3, -0.25) is 9.78 Å². The fourth-order valence-corrected chi connectivity index (χ4v) is 1.68. The van der Waals surface area contributed by atoms with Gasteiger partial charge < -0.3 is 11.5 Å². The van der Waals surface area contributed by atoms with E-state index in [2.05, 4.69) is 4.98 Å². The standard InChI is InChI=1S/C13H13N3O/c14-10-5-4-9(12(8-10)13(15)17)7-11-3-1-2-6-16-11/h1-6,8H,7,14H2,(H2,15,17). The van der Waals surface area contributed by atoms with Crippen molar-refractivity contribution in [1.82, 2.24) is 4.98 Å². The predicted octanol–water partition coefficient (Wildman–Crippen LogP) is 1.35. The van der Waals surface area contributed by atoms with E-state index >= 15 is 0 Å². The first-order chi connectivity index (χ1) is 8.16. The van der Waals surface area contributed by atoms with Gasteiger partial charge in [0.05, 0.1) is 0 Å². The topological polar surface area (TPSA) is 82.0 Å². The van der Waals surface area contributed by atoms with E-state index in [1.54, 1.807) is 18.3 Å². The van der Waals surface area contributed by atoms with Crippen LogP contribution in [0.1, 0.15) is 21.6 Å². The number of primary amides is 1. The third-order valence-corrected chi connectivity index (χ3v) is 2.50. The Labute approximate surface area is 99.3 Å². The van der Waals surface area contributed by atoms with Crippen LogP contribution in [0.4, 0.5) is 5.69 Å². The van der Waals surface area contributed by atoms with Gasteiger partial charge in [-0.1, -0.05) is 12.1 Å². The summed E-state index contributed by atoms with van der Waals surface area (Å²) in [5.74, 6) is -0.469. The normalized spacial score (nSPS) is 10.1. The number of carbonyl (C=O) groups is 1. The molecule has 0 aliphatic carbocycles. The smallest absolute Gasteiger partial charge is 0.249 e. The molecule has 0 atom stereocenters. The third kappa shape index (κ3) is 2.60. The second-order valence-electron chi connectivity index (χ2n) is 3.78. The van der Waals surface area contributed by atoms with Crippen molar-refractivity contribution in [3.63, 3.8) is 0 Å². The van der Waals surface area contributed by atoms with Gasteiger partial charge in [-0.2, -0.15) is 0 Å². The van der Waals surface area contributed by atoms with Crippen LogP contribution < -0.4 is 11.5 Å². The highest BCUT2D eigenvalue weighted by molar-refractivity contribution is 5.95. The SMILES string of the molecule is NC(=O)c1cc(N)ccc1Cc1ccccn1. The number of carbonyl (C=O) groups excluding carboxylic acids is 1. The zero-order chi connectivity index (χ0) is 12.3. The van der Waals surface area contributed by atoms with E-state index in [1.165, 1.54) is 0 Å². The van der Waals surface area contributed by atoms with Gasteiger partial charge in [0, 0.05) is 29.6 Å². The van der Waals surface area contributed by atoms with E-state index < -0.39 is 5.91 Å². The molecule has 0 spiro atoms. The quantitative estimate of drug-likeness (QED) is 0.776. The Morgan fingerprint density at radius 1 is 1.24 bits per heavy atom. The summed E-state index contributed by atoms with van der Waals surface area (Å²) in [6.07, 6.45) is 2.29. The minimum absolute atomic E-state index is 0.454. The Bertz CT molecular complexity index is 538. The Balaban J connectivity index is 2.36. The van der Waals surface area contributed by atoms with E-state index in [-0.39, 0.29) is 0 Å². The summed E-state index contributed by atoms with van der Waals surface area (Å²) in [5, 5.41) is 0. The number of hydrogen-bond donors (Lipinski definition) is 2. The van der Waals surface area contributed by atoms with Gasteiger partial charge in [0.2, 0.25) is 5.91 Å². The molecule has 2 aromatic rings. The van der Waals surface area contributed by atoms with E-state index in [4.69, 9.17) is 11.5 Å². The Morgan fingerprint density at radius 2 is 2.06 bits per heavy atom. The van der Waals surface area contributed by atoms with Crippen molar-refractivity contribution in [3.8, 4) is 0 Å². The fraction of sp³-hybridized carbons (Fsp3) is 0.0769. The van der Waals surface area contributed by atoms with E-state index in [9.17, 15) is 4.79 Å². The molecule has 17 heavy (non-hydrogen) atoms. The molecule has 4 heteroatoms. The van der Waals surface area contributed by atoms with Crippen LogP contribution in [0.15, 0.2) is 42.6 Å². The minimum Gasteiger partial charge on any atom is -0.399 e. The van der Waals surface area contributed by atoms with Crippen molar-refractivity contribution in [2.45, 2.75) is 6.42 Å². The van der Waals surface area contributed by atoms with Gasteiger partial charge >= 0.3 is 0 Å². The van der Waals surface area contributed by atoms with Crippen LogP contribution in [0.5, 0.6) is 0 Å². The molecular formula is C13H13N3O. The first kappa shape index (κ1) is 11.1. The summed E-state index contributed by atoms with van der Waals surface area (Å²) in [4.78, 5) is 15.5. The van der Waals surface area contributed by atoms with Crippen LogP contribution in [0.25, 0.3) is 0 Å². The second-order valence-corrected chi connectivity index (χ2v) is 3.78. The van der Waals surface area contributed by atoms with Crippen LogP contribution in [0.2, 0.25) is 0 Å². The third-order valence-electron chi connectivity index (χ3n) is 2.50. The summed E-state index contributed by atoms with van der Waals surface area (Å²) in [6.45, 7) is 0. The largest absolute Gasteiger partial charge is 0.399 e. The van der Waals surface area contributed by atoms with Crippen LogP contribution >= 0.6 is 0 Å². The van der Waals surface area contributed by atoms with Gasteiger partial charge in [-0.05, 0) is 29.8 Å². The molecule has 2 rings (SSSR count). The second kappa shape index (κ2) is 4.65. The zero-order valence-corrected chi connectivity index (χ0v) is 9.26. The van der Waals surface area contributed by atoms with Crippen molar-refractivity contribution >= 4 is 11.6 Å². The predicted molar refractivity (Wildman–Crippen MR) is 66.4 cm³/mol. The summed E-state index contributed by atoms with van der Waals surface area (Å²) >= 11 is 0. The molecule has 0 aliphatic rings. The molecule has 4 N–H and O–H groups in total. The van der Waals surface area contributed by atoms with Crippen LogP contribution in [0.3, 0.4) is 0 Å². The maximum atomic E-state index is 11.3. The molecule has 86 valence electrons. The number of nitrogen functional groups attached to an aromatic ring is 1. The number of aromatic nitrogens is 1. The molecule has 0 radical (unpaired) electrons. The van der Waals surface area contributed by atoms with Crippen molar-refractivity contribution in [3.05, 3.63) is 59.4 Å². The minimum atomic E-state index is -0.469. The molecule has 1 aromatic heterocycles. The lowest BCUT2D eigenvalue weighted by Gasteiger charge is -2.07. The van der Waals surface area contributed by atoms with Crippen molar-refractivity contribution in [1.29, 1.82) is 0 Å². The number of rotatable bonds is 3. The van der Waals surface area contributed by atoms with Crippen LogP contribution in [-0.4, -0.2) is 10.9 Å². The van der Waals surface area contributed by atoms with Gasteiger partial charge in [-0.25, -0.2) is 0 Å². The van der Waals surface area contributed by atoms with Crippen molar-refractivity contribution in [2.24, 2.45) is 5.73 Å².